The maximum absolute atomic E-state index is 13.2. The van der Waals surface area contributed by atoms with Gasteiger partial charge in [0.1, 0.15) is 11.6 Å². The molecule has 7 heteroatoms. The minimum atomic E-state index is -0.289. The Morgan fingerprint density at radius 2 is 2.10 bits per heavy atom. The van der Waals surface area contributed by atoms with Crippen molar-refractivity contribution in [2.45, 2.75) is 58.0 Å². The third-order valence-corrected chi connectivity index (χ3v) is 6.55. The van der Waals surface area contributed by atoms with E-state index < -0.39 is 0 Å². The third-order valence-electron chi connectivity index (χ3n) is 5.67. The first-order valence-electron chi connectivity index (χ1n) is 10.5. The number of pyridine rings is 1. The molecule has 0 radical (unpaired) electrons. The molecule has 2 aromatic heterocycles. The van der Waals surface area contributed by atoms with Crippen molar-refractivity contribution in [3.8, 4) is 0 Å². The van der Waals surface area contributed by atoms with Gasteiger partial charge < -0.3 is 11.1 Å². The van der Waals surface area contributed by atoms with Gasteiger partial charge in [-0.05, 0) is 35.8 Å². The van der Waals surface area contributed by atoms with E-state index in [-0.39, 0.29) is 17.1 Å². The summed E-state index contributed by atoms with van der Waals surface area (Å²) in [4.78, 5) is 26.9. The quantitative estimate of drug-likeness (QED) is 0.527. The van der Waals surface area contributed by atoms with Crippen LogP contribution in [0.15, 0.2) is 41.0 Å². The van der Waals surface area contributed by atoms with E-state index >= 15 is 0 Å². The Bertz CT molecular complexity index is 1000. The summed E-state index contributed by atoms with van der Waals surface area (Å²) in [5.74, 6) is 2.58. The molecule has 1 aliphatic carbocycles. The van der Waals surface area contributed by atoms with Gasteiger partial charge in [-0.3, -0.25) is 9.78 Å². The van der Waals surface area contributed by atoms with E-state index in [9.17, 15) is 4.79 Å². The first-order valence-corrected chi connectivity index (χ1v) is 11.5. The van der Waals surface area contributed by atoms with E-state index in [1.807, 2.05) is 18.3 Å². The molecule has 3 N–H and O–H groups in total. The van der Waals surface area contributed by atoms with Crippen molar-refractivity contribution in [1.82, 2.24) is 15.0 Å². The van der Waals surface area contributed by atoms with Crippen LogP contribution < -0.4 is 11.1 Å². The van der Waals surface area contributed by atoms with Gasteiger partial charge in [0.05, 0.1) is 0 Å². The van der Waals surface area contributed by atoms with Crippen LogP contribution in [0.5, 0.6) is 0 Å². The lowest BCUT2D eigenvalue weighted by molar-refractivity contribution is -0.118. The molecule has 0 bridgehead atoms. The Morgan fingerprint density at radius 1 is 1.30 bits per heavy atom. The van der Waals surface area contributed by atoms with Crippen molar-refractivity contribution in [3.63, 3.8) is 0 Å². The number of ketones is 1. The van der Waals surface area contributed by atoms with Gasteiger partial charge in [-0.15, -0.1) is 0 Å². The molecule has 0 saturated heterocycles. The second-order valence-electron chi connectivity index (χ2n) is 9.36. The summed E-state index contributed by atoms with van der Waals surface area (Å²) in [6.45, 7) is 8.68. The SMILES string of the molecule is CC(C)CCSc1nc(N)c2c(n1)NC1=C(C(=O)CC(C)(C)C1)[C@@H]2c1cccnc1. The third kappa shape index (κ3) is 4.08. The second kappa shape index (κ2) is 8.02. The Hall–Kier alpha value is -2.41. The molecule has 1 aliphatic heterocycles. The van der Waals surface area contributed by atoms with Gasteiger partial charge in [-0.25, -0.2) is 9.97 Å². The molecule has 2 aliphatic rings. The van der Waals surface area contributed by atoms with Crippen molar-refractivity contribution in [3.05, 3.63) is 46.9 Å². The van der Waals surface area contributed by atoms with Crippen molar-refractivity contribution in [2.24, 2.45) is 11.3 Å². The molecule has 0 spiro atoms. The van der Waals surface area contributed by atoms with E-state index in [1.165, 1.54) is 0 Å². The zero-order valence-corrected chi connectivity index (χ0v) is 18.8. The number of hydrogen-bond donors (Lipinski definition) is 2. The molecule has 0 aromatic carbocycles. The first-order chi connectivity index (χ1) is 14.2. The van der Waals surface area contributed by atoms with Gasteiger partial charge >= 0.3 is 0 Å². The lowest BCUT2D eigenvalue weighted by Crippen LogP contribution is -2.34. The average molecular weight is 424 g/mol. The second-order valence-corrected chi connectivity index (χ2v) is 10.4. The summed E-state index contributed by atoms with van der Waals surface area (Å²) in [5.41, 5.74) is 9.83. The minimum absolute atomic E-state index is 0.0900. The van der Waals surface area contributed by atoms with Crippen molar-refractivity contribution < 1.29 is 4.79 Å². The smallest absolute Gasteiger partial charge is 0.191 e. The van der Waals surface area contributed by atoms with Crippen LogP contribution in [0.2, 0.25) is 0 Å². The number of hydrogen-bond acceptors (Lipinski definition) is 7. The molecule has 158 valence electrons. The monoisotopic (exact) mass is 423 g/mol. The van der Waals surface area contributed by atoms with E-state index in [0.29, 0.717) is 29.1 Å². The molecule has 1 atom stereocenters. The lowest BCUT2D eigenvalue weighted by Gasteiger charge is -2.39. The van der Waals surface area contributed by atoms with Crippen molar-refractivity contribution in [2.75, 3.05) is 16.8 Å². The van der Waals surface area contributed by atoms with Crippen molar-refractivity contribution in [1.29, 1.82) is 0 Å². The fourth-order valence-corrected chi connectivity index (χ4v) is 5.33. The van der Waals surface area contributed by atoms with E-state index in [4.69, 9.17) is 10.7 Å². The fourth-order valence-electron chi connectivity index (χ4n) is 4.24. The number of carbonyl (C=O) groups excluding carboxylic acids is 1. The molecular formula is C23H29N5OS. The number of fused-ring (bicyclic) bond motifs is 1. The number of nitrogens with one attached hydrogen (secondary N) is 1. The topological polar surface area (TPSA) is 93.8 Å². The molecule has 0 amide bonds. The van der Waals surface area contributed by atoms with E-state index in [2.05, 4.69) is 43.0 Å². The van der Waals surface area contributed by atoms with Crippen molar-refractivity contribution >= 4 is 29.2 Å². The van der Waals surface area contributed by atoms with Gasteiger partial charge in [-0.2, -0.15) is 0 Å². The number of nitrogens with zero attached hydrogens (tertiary/aromatic N) is 3. The van der Waals surface area contributed by atoms with Crippen LogP contribution in [-0.2, 0) is 4.79 Å². The number of Topliss-reactive ketones (excluding diaryl/α,β-unsaturated/α-hetero) is 1. The van der Waals surface area contributed by atoms with Crippen LogP contribution in [0.4, 0.5) is 11.6 Å². The number of rotatable bonds is 5. The van der Waals surface area contributed by atoms with Crippen LogP contribution in [-0.4, -0.2) is 26.5 Å². The highest BCUT2D eigenvalue weighted by Gasteiger charge is 2.42. The Labute approximate surface area is 182 Å². The molecule has 0 fully saturated rings. The molecule has 0 unspecified atom stereocenters. The highest BCUT2D eigenvalue weighted by Crippen LogP contribution is 2.49. The molecule has 4 rings (SSSR count). The normalized spacial score (nSPS) is 20.0. The van der Waals surface area contributed by atoms with E-state index in [1.54, 1.807) is 18.0 Å². The average Bonchev–Trinajstić information content (AvgIpc) is 2.65. The minimum Gasteiger partial charge on any atom is -0.383 e. The largest absolute Gasteiger partial charge is 0.383 e. The summed E-state index contributed by atoms with van der Waals surface area (Å²) < 4.78 is 0. The number of carbonyl (C=O) groups is 1. The van der Waals surface area contributed by atoms with Crippen LogP contribution in [0.25, 0.3) is 0 Å². The molecule has 6 nitrogen and oxygen atoms in total. The maximum Gasteiger partial charge on any atom is 0.191 e. The summed E-state index contributed by atoms with van der Waals surface area (Å²) in [7, 11) is 0. The van der Waals surface area contributed by atoms with Gasteiger partial charge in [0.2, 0.25) is 0 Å². The number of anilines is 2. The lowest BCUT2D eigenvalue weighted by atomic mass is 9.69. The molecule has 2 aromatic rings. The summed E-state index contributed by atoms with van der Waals surface area (Å²) in [5, 5.41) is 4.13. The Kier molecular flexibility index (Phi) is 5.57. The zero-order valence-electron chi connectivity index (χ0n) is 18.0. The molecular weight excluding hydrogens is 394 g/mol. The highest BCUT2D eigenvalue weighted by molar-refractivity contribution is 7.99. The fraction of sp³-hybridized carbons (Fsp3) is 0.478. The van der Waals surface area contributed by atoms with Crippen LogP contribution in [0.1, 0.15) is 64.0 Å². The number of allylic oxidation sites excluding steroid dienone is 2. The highest BCUT2D eigenvalue weighted by atomic mass is 32.2. The summed E-state index contributed by atoms with van der Waals surface area (Å²) in [6.07, 6.45) is 5.95. The van der Waals surface area contributed by atoms with Gasteiger partial charge in [0, 0.05) is 47.3 Å². The van der Waals surface area contributed by atoms with Crippen LogP contribution >= 0.6 is 11.8 Å². The number of nitrogens with two attached hydrogens (primary N) is 1. The Balaban J connectivity index is 1.80. The summed E-state index contributed by atoms with van der Waals surface area (Å²) in [6, 6.07) is 3.89. The number of aromatic nitrogens is 3. The molecule has 30 heavy (non-hydrogen) atoms. The van der Waals surface area contributed by atoms with E-state index in [0.717, 1.165) is 41.0 Å². The zero-order chi connectivity index (χ0) is 21.5. The maximum atomic E-state index is 13.2. The predicted octanol–water partition coefficient (Wildman–Crippen LogP) is 4.79. The predicted molar refractivity (Wildman–Crippen MR) is 121 cm³/mol. The number of nitrogen functional groups attached to an aromatic ring is 1. The van der Waals surface area contributed by atoms with Gasteiger partial charge in [0.25, 0.3) is 0 Å². The van der Waals surface area contributed by atoms with Crippen LogP contribution in [0, 0.1) is 11.3 Å². The number of thioether (sulfide) groups is 1. The molecule has 3 heterocycles. The Morgan fingerprint density at radius 3 is 2.80 bits per heavy atom. The molecule has 0 saturated carbocycles. The van der Waals surface area contributed by atoms with Gasteiger partial charge in [-0.1, -0.05) is 45.5 Å². The summed E-state index contributed by atoms with van der Waals surface area (Å²) >= 11 is 1.62. The van der Waals surface area contributed by atoms with Gasteiger partial charge in [0.15, 0.2) is 10.9 Å². The standard InChI is InChI=1S/C23H29N5OS/c1-13(2)7-9-30-22-27-20(24)19-17(14-6-5-8-25-12-14)18-15(26-21(19)28-22)10-23(3,4)11-16(18)29/h5-6,8,12-13,17H,7,9-11H2,1-4H3,(H3,24,26,27,28)/t17-/m0/s1. The van der Waals surface area contributed by atoms with Crippen LogP contribution in [0.3, 0.4) is 0 Å². The first kappa shape index (κ1) is 20.8.